The van der Waals surface area contributed by atoms with E-state index in [0.717, 1.165) is 29.0 Å². The number of fused-ring (bicyclic) bond motifs is 1. The van der Waals surface area contributed by atoms with Crippen molar-refractivity contribution in [3.05, 3.63) is 35.0 Å². The fraction of sp³-hybridized carbons (Fsp3) is 0.267. The first-order chi connectivity index (χ1) is 10.3. The van der Waals surface area contributed by atoms with Crippen molar-refractivity contribution in [3.8, 4) is 22.8 Å². The molecule has 3 aromatic heterocycles. The number of pyridine rings is 1. The average Bonchev–Trinajstić information content (AvgIpc) is 3.11. The van der Waals surface area contributed by atoms with Gasteiger partial charge in [-0.15, -0.1) is 11.3 Å². The Kier molecular flexibility index (Phi) is 2.96. The van der Waals surface area contributed by atoms with E-state index in [1.54, 1.807) is 23.7 Å². The van der Waals surface area contributed by atoms with E-state index in [1.165, 1.54) is 23.3 Å². The summed E-state index contributed by atoms with van der Waals surface area (Å²) < 4.78 is 5.46. The Hall–Kier alpha value is -2.21. The number of aryl methyl sites for hydroxylation is 1. The van der Waals surface area contributed by atoms with E-state index in [2.05, 4.69) is 15.1 Å². The van der Waals surface area contributed by atoms with Crippen LogP contribution in [0.2, 0.25) is 0 Å². The van der Waals surface area contributed by atoms with Crippen molar-refractivity contribution < 1.29 is 4.52 Å². The predicted octanol–water partition coefficient (Wildman–Crippen LogP) is 3.32. The van der Waals surface area contributed by atoms with Crippen LogP contribution in [-0.4, -0.2) is 15.1 Å². The Bertz CT molecular complexity index is 778. The molecule has 0 aliphatic heterocycles. The zero-order valence-electron chi connectivity index (χ0n) is 11.4. The number of nitrogens with zero attached hydrogens (tertiary/aromatic N) is 3. The van der Waals surface area contributed by atoms with Gasteiger partial charge in [-0.2, -0.15) is 4.98 Å². The highest BCUT2D eigenvalue weighted by molar-refractivity contribution is 7.16. The molecular weight excluding hydrogens is 284 g/mol. The van der Waals surface area contributed by atoms with Crippen LogP contribution in [0.5, 0.6) is 0 Å². The molecular formula is C15H14N4OS. The summed E-state index contributed by atoms with van der Waals surface area (Å²) in [6.45, 7) is 0. The van der Waals surface area contributed by atoms with E-state index >= 15 is 0 Å². The van der Waals surface area contributed by atoms with Crippen molar-refractivity contribution >= 4 is 16.3 Å². The lowest BCUT2D eigenvalue weighted by atomic mass is 9.95. The molecule has 0 fully saturated rings. The summed E-state index contributed by atoms with van der Waals surface area (Å²) in [5, 5.41) is 4.85. The molecule has 0 bridgehead atoms. The van der Waals surface area contributed by atoms with Crippen molar-refractivity contribution in [1.29, 1.82) is 0 Å². The lowest BCUT2D eigenvalue weighted by molar-refractivity contribution is 0.432. The number of hydrogen-bond acceptors (Lipinski definition) is 6. The monoisotopic (exact) mass is 298 g/mol. The van der Waals surface area contributed by atoms with E-state index in [0.29, 0.717) is 11.7 Å². The molecule has 0 saturated heterocycles. The van der Waals surface area contributed by atoms with Gasteiger partial charge in [-0.25, -0.2) is 0 Å². The van der Waals surface area contributed by atoms with Crippen LogP contribution in [0, 0.1) is 0 Å². The molecule has 1 aliphatic rings. The number of nitrogen functional groups attached to an aromatic ring is 1. The Morgan fingerprint density at radius 2 is 1.95 bits per heavy atom. The predicted molar refractivity (Wildman–Crippen MR) is 81.9 cm³/mol. The number of aromatic nitrogens is 3. The summed E-state index contributed by atoms with van der Waals surface area (Å²) in [4.78, 5) is 9.88. The van der Waals surface area contributed by atoms with Crippen LogP contribution in [0.1, 0.15) is 23.3 Å². The fourth-order valence-electron chi connectivity index (χ4n) is 2.76. The summed E-state index contributed by atoms with van der Waals surface area (Å²) in [5.41, 5.74) is 9.32. The van der Waals surface area contributed by atoms with Gasteiger partial charge in [0.25, 0.3) is 5.89 Å². The summed E-state index contributed by atoms with van der Waals surface area (Å²) in [6.07, 6.45) is 8.01. The molecule has 0 unspecified atom stereocenters. The molecule has 3 heterocycles. The van der Waals surface area contributed by atoms with Crippen molar-refractivity contribution in [2.45, 2.75) is 25.7 Å². The molecule has 0 atom stereocenters. The highest BCUT2D eigenvalue weighted by atomic mass is 32.1. The van der Waals surface area contributed by atoms with Crippen LogP contribution < -0.4 is 5.73 Å². The van der Waals surface area contributed by atoms with Gasteiger partial charge in [-0.05, 0) is 43.4 Å². The lowest BCUT2D eigenvalue weighted by Gasteiger charge is -2.10. The molecule has 2 N–H and O–H groups in total. The van der Waals surface area contributed by atoms with Gasteiger partial charge in [0, 0.05) is 22.8 Å². The highest BCUT2D eigenvalue weighted by Crippen LogP contribution is 2.42. The number of thiophene rings is 1. The number of anilines is 1. The second-order valence-electron chi connectivity index (χ2n) is 5.11. The van der Waals surface area contributed by atoms with Crippen LogP contribution >= 0.6 is 11.3 Å². The molecule has 0 saturated carbocycles. The Balaban J connectivity index is 1.78. The van der Waals surface area contributed by atoms with E-state index in [-0.39, 0.29) is 0 Å². The standard InChI is InChI=1S/C15H14N4OS/c16-13-12(10-3-1-2-4-11(10)21-13)15-18-14(19-20-15)9-5-7-17-8-6-9/h5-8H,1-4,16H2. The Morgan fingerprint density at radius 3 is 2.81 bits per heavy atom. The second-order valence-corrected chi connectivity index (χ2v) is 6.25. The summed E-state index contributed by atoms with van der Waals surface area (Å²) in [7, 11) is 0. The third-order valence-electron chi connectivity index (χ3n) is 3.78. The molecule has 5 nitrogen and oxygen atoms in total. The minimum Gasteiger partial charge on any atom is -0.390 e. The van der Waals surface area contributed by atoms with E-state index < -0.39 is 0 Å². The van der Waals surface area contributed by atoms with E-state index in [1.807, 2.05) is 12.1 Å². The molecule has 3 aromatic rings. The van der Waals surface area contributed by atoms with Crippen molar-refractivity contribution in [1.82, 2.24) is 15.1 Å². The van der Waals surface area contributed by atoms with Crippen LogP contribution in [0.3, 0.4) is 0 Å². The van der Waals surface area contributed by atoms with Gasteiger partial charge >= 0.3 is 0 Å². The quantitative estimate of drug-likeness (QED) is 0.785. The zero-order chi connectivity index (χ0) is 14.2. The van der Waals surface area contributed by atoms with Gasteiger partial charge in [0.15, 0.2) is 0 Å². The molecule has 21 heavy (non-hydrogen) atoms. The first-order valence-electron chi connectivity index (χ1n) is 6.97. The van der Waals surface area contributed by atoms with Gasteiger partial charge in [0.05, 0.1) is 10.6 Å². The maximum atomic E-state index is 6.18. The first-order valence-corrected chi connectivity index (χ1v) is 7.79. The van der Waals surface area contributed by atoms with E-state index in [9.17, 15) is 0 Å². The van der Waals surface area contributed by atoms with Crippen molar-refractivity contribution in [3.63, 3.8) is 0 Å². The molecule has 6 heteroatoms. The fourth-order valence-corrected chi connectivity index (χ4v) is 3.92. The maximum Gasteiger partial charge on any atom is 0.261 e. The van der Waals surface area contributed by atoms with Gasteiger partial charge in [-0.1, -0.05) is 5.16 Å². The molecule has 1 aliphatic carbocycles. The number of nitrogens with two attached hydrogens (primary N) is 1. The van der Waals surface area contributed by atoms with Gasteiger partial charge < -0.3 is 10.3 Å². The lowest BCUT2D eigenvalue weighted by Crippen LogP contribution is -1.99. The highest BCUT2D eigenvalue weighted by Gasteiger charge is 2.24. The topological polar surface area (TPSA) is 77.8 Å². The molecule has 0 spiro atoms. The minimum absolute atomic E-state index is 0.527. The number of hydrogen-bond donors (Lipinski definition) is 1. The molecule has 4 rings (SSSR count). The van der Waals surface area contributed by atoms with Crippen LogP contribution in [0.15, 0.2) is 29.0 Å². The second kappa shape index (κ2) is 4.96. The third kappa shape index (κ3) is 2.12. The molecule has 0 aromatic carbocycles. The first kappa shape index (κ1) is 12.5. The molecule has 106 valence electrons. The Morgan fingerprint density at radius 1 is 1.14 bits per heavy atom. The number of rotatable bonds is 2. The maximum absolute atomic E-state index is 6.18. The van der Waals surface area contributed by atoms with Gasteiger partial charge in [-0.3, -0.25) is 4.98 Å². The van der Waals surface area contributed by atoms with Crippen LogP contribution in [0.25, 0.3) is 22.8 Å². The SMILES string of the molecule is Nc1sc2c(c1-c1nc(-c3ccncc3)no1)CCCC2. The zero-order valence-corrected chi connectivity index (χ0v) is 12.2. The molecule has 0 radical (unpaired) electrons. The van der Waals surface area contributed by atoms with Crippen LogP contribution in [0.4, 0.5) is 5.00 Å². The van der Waals surface area contributed by atoms with Crippen molar-refractivity contribution in [2.75, 3.05) is 5.73 Å². The smallest absolute Gasteiger partial charge is 0.261 e. The van der Waals surface area contributed by atoms with Gasteiger partial charge in [0.2, 0.25) is 5.82 Å². The molecule has 0 amide bonds. The Labute approximate surface area is 125 Å². The van der Waals surface area contributed by atoms with Crippen molar-refractivity contribution in [2.24, 2.45) is 0 Å². The van der Waals surface area contributed by atoms with Gasteiger partial charge in [0.1, 0.15) is 0 Å². The largest absolute Gasteiger partial charge is 0.390 e. The summed E-state index contributed by atoms with van der Waals surface area (Å²) >= 11 is 1.66. The summed E-state index contributed by atoms with van der Waals surface area (Å²) in [5.74, 6) is 1.10. The normalized spacial score (nSPS) is 14.1. The average molecular weight is 298 g/mol. The van der Waals surface area contributed by atoms with Crippen LogP contribution in [-0.2, 0) is 12.8 Å². The third-order valence-corrected chi connectivity index (χ3v) is 4.90. The summed E-state index contributed by atoms with van der Waals surface area (Å²) in [6, 6.07) is 3.72. The van der Waals surface area contributed by atoms with E-state index in [4.69, 9.17) is 10.3 Å². The minimum atomic E-state index is 0.527.